The van der Waals surface area contributed by atoms with Gasteiger partial charge in [0.2, 0.25) is 0 Å². The first kappa shape index (κ1) is 14.4. The molecule has 0 saturated heterocycles. The Bertz CT molecular complexity index is 373. The Morgan fingerprint density at radius 3 is 2.74 bits per heavy atom. The highest BCUT2D eigenvalue weighted by atomic mass is 15.2. The molecule has 0 spiro atoms. The Balaban J connectivity index is 1.97. The first-order valence-corrected chi connectivity index (χ1v) is 7.61. The molecule has 1 aromatic carbocycles. The van der Waals surface area contributed by atoms with E-state index in [0.29, 0.717) is 12.1 Å². The minimum absolute atomic E-state index is 0.640. The van der Waals surface area contributed by atoms with E-state index in [9.17, 15) is 0 Å². The lowest BCUT2D eigenvalue weighted by atomic mass is 10.0. The first-order valence-electron chi connectivity index (χ1n) is 7.61. The molecule has 2 nitrogen and oxygen atoms in total. The number of anilines is 1. The number of hydrogen-bond donors (Lipinski definition) is 1. The van der Waals surface area contributed by atoms with Crippen LogP contribution in [-0.4, -0.2) is 30.6 Å². The normalized spacial score (nSPS) is 20.8. The summed E-state index contributed by atoms with van der Waals surface area (Å²) in [6, 6.07) is 10.0. The number of fused-ring (bicyclic) bond motifs is 1. The Labute approximate surface area is 118 Å². The van der Waals surface area contributed by atoms with Gasteiger partial charge in [0.1, 0.15) is 0 Å². The van der Waals surface area contributed by atoms with Crippen molar-refractivity contribution in [1.82, 2.24) is 4.90 Å². The van der Waals surface area contributed by atoms with Crippen molar-refractivity contribution in [1.29, 1.82) is 0 Å². The predicted octanol–water partition coefficient (Wildman–Crippen LogP) is 3.78. The van der Waals surface area contributed by atoms with Crippen molar-refractivity contribution in [2.24, 2.45) is 5.92 Å². The molecule has 1 N–H and O–H groups in total. The average Bonchev–Trinajstić information content (AvgIpc) is 2.59. The number of nitrogens with one attached hydrogen (secondary N) is 1. The molecule has 1 heterocycles. The average molecular weight is 260 g/mol. The van der Waals surface area contributed by atoms with Crippen molar-refractivity contribution in [2.75, 3.05) is 18.9 Å². The number of aryl methyl sites for hydroxylation is 1. The van der Waals surface area contributed by atoms with Crippen LogP contribution in [0.15, 0.2) is 24.3 Å². The van der Waals surface area contributed by atoms with Crippen LogP contribution in [0.1, 0.15) is 39.2 Å². The summed E-state index contributed by atoms with van der Waals surface area (Å²) in [6.45, 7) is 8.05. The van der Waals surface area contributed by atoms with Gasteiger partial charge in [0.05, 0.1) is 0 Å². The Hall–Kier alpha value is -1.02. The van der Waals surface area contributed by atoms with Gasteiger partial charge in [-0.3, -0.25) is 4.90 Å². The molecule has 1 aliphatic rings. The Morgan fingerprint density at radius 1 is 1.26 bits per heavy atom. The van der Waals surface area contributed by atoms with Gasteiger partial charge in [0.15, 0.2) is 0 Å². The Kier molecular flexibility index (Phi) is 4.87. The Morgan fingerprint density at radius 2 is 2.00 bits per heavy atom. The van der Waals surface area contributed by atoms with Crippen LogP contribution in [0, 0.1) is 5.92 Å². The zero-order valence-corrected chi connectivity index (χ0v) is 12.8. The molecule has 2 atom stereocenters. The summed E-state index contributed by atoms with van der Waals surface area (Å²) in [6.07, 6.45) is 3.72. The highest BCUT2D eigenvalue weighted by molar-refractivity contribution is 5.52. The number of benzene rings is 1. The second kappa shape index (κ2) is 6.42. The summed E-state index contributed by atoms with van der Waals surface area (Å²) in [5.74, 6) is 0.772. The second-order valence-electron chi connectivity index (χ2n) is 6.37. The van der Waals surface area contributed by atoms with Gasteiger partial charge in [-0.1, -0.05) is 32.0 Å². The van der Waals surface area contributed by atoms with E-state index in [-0.39, 0.29) is 0 Å². The second-order valence-corrected chi connectivity index (χ2v) is 6.37. The van der Waals surface area contributed by atoms with Gasteiger partial charge >= 0.3 is 0 Å². The third-order valence-electron chi connectivity index (χ3n) is 4.38. The maximum Gasteiger partial charge on any atom is 0.0373 e. The molecule has 2 unspecified atom stereocenters. The van der Waals surface area contributed by atoms with Crippen molar-refractivity contribution in [3.05, 3.63) is 29.8 Å². The summed E-state index contributed by atoms with van der Waals surface area (Å²) in [5.41, 5.74) is 2.80. The fourth-order valence-corrected chi connectivity index (χ4v) is 3.12. The van der Waals surface area contributed by atoms with Crippen LogP contribution in [-0.2, 0) is 6.42 Å². The zero-order chi connectivity index (χ0) is 13.8. The molecule has 19 heavy (non-hydrogen) atoms. The number of rotatable bonds is 4. The third-order valence-corrected chi connectivity index (χ3v) is 4.38. The molecule has 106 valence electrons. The van der Waals surface area contributed by atoms with Crippen LogP contribution in [0.2, 0.25) is 0 Å². The molecule has 0 bridgehead atoms. The summed E-state index contributed by atoms with van der Waals surface area (Å²) in [5, 5.41) is 3.62. The smallest absolute Gasteiger partial charge is 0.0373 e. The fourth-order valence-electron chi connectivity index (χ4n) is 3.12. The molecule has 2 heteroatoms. The molecule has 0 amide bonds. The topological polar surface area (TPSA) is 15.3 Å². The molecule has 0 saturated carbocycles. The van der Waals surface area contributed by atoms with E-state index < -0.39 is 0 Å². The standard InChI is InChI=1S/C17H28N2/c1-13(2)11-14(3)19(4)16-10-9-15-7-5-6-8-17(15)18-12-16/h5-8,13-14,16,18H,9-12H2,1-4H3. The van der Waals surface area contributed by atoms with E-state index in [1.54, 1.807) is 0 Å². The van der Waals surface area contributed by atoms with E-state index in [0.717, 1.165) is 12.5 Å². The van der Waals surface area contributed by atoms with E-state index >= 15 is 0 Å². The zero-order valence-electron chi connectivity index (χ0n) is 12.8. The maximum atomic E-state index is 3.62. The first-order chi connectivity index (χ1) is 9.08. The SMILES string of the molecule is CC(C)CC(C)N(C)C1CCc2ccccc2NC1. The van der Waals surface area contributed by atoms with E-state index in [1.165, 1.54) is 30.5 Å². The van der Waals surface area contributed by atoms with Gasteiger partial charge in [-0.2, -0.15) is 0 Å². The molecule has 0 aromatic heterocycles. The number of nitrogens with zero attached hydrogens (tertiary/aromatic N) is 1. The highest BCUT2D eigenvalue weighted by Crippen LogP contribution is 2.24. The lowest BCUT2D eigenvalue weighted by Crippen LogP contribution is -2.42. The molecule has 0 radical (unpaired) electrons. The van der Waals surface area contributed by atoms with Gasteiger partial charge in [-0.15, -0.1) is 0 Å². The number of hydrogen-bond acceptors (Lipinski definition) is 2. The predicted molar refractivity (Wildman–Crippen MR) is 83.7 cm³/mol. The molecular weight excluding hydrogens is 232 g/mol. The lowest BCUT2D eigenvalue weighted by molar-refractivity contribution is 0.165. The quantitative estimate of drug-likeness (QED) is 0.886. The molecule has 1 aromatic rings. The summed E-state index contributed by atoms with van der Waals surface area (Å²) in [7, 11) is 2.29. The largest absolute Gasteiger partial charge is 0.383 e. The van der Waals surface area contributed by atoms with Gasteiger partial charge in [0, 0.05) is 24.3 Å². The van der Waals surface area contributed by atoms with Crippen molar-refractivity contribution < 1.29 is 0 Å². The van der Waals surface area contributed by atoms with Crippen LogP contribution in [0.4, 0.5) is 5.69 Å². The summed E-state index contributed by atoms with van der Waals surface area (Å²) < 4.78 is 0. The van der Waals surface area contributed by atoms with E-state index in [2.05, 4.69) is 62.3 Å². The lowest BCUT2D eigenvalue weighted by Gasteiger charge is -2.33. The van der Waals surface area contributed by atoms with Gasteiger partial charge in [-0.05, 0) is 50.8 Å². The van der Waals surface area contributed by atoms with E-state index in [1.807, 2.05) is 0 Å². The maximum absolute atomic E-state index is 3.62. The molecule has 2 rings (SSSR count). The monoisotopic (exact) mass is 260 g/mol. The van der Waals surface area contributed by atoms with Crippen molar-refractivity contribution in [2.45, 2.75) is 52.1 Å². The molecular formula is C17H28N2. The molecule has 1 aliphatic heterocycles. The van der Waals surface area contributed by atoms with Gasteiger partial charge < -0.3 is 5.32 Å². The van der Waals surface area contributed by atoms with Crippen LogP contribution >= 0.6 is 0 Å². The van der Waals surface area contributed by atoms with Crippen LogP contribution in [0.3, 0.4) is 0 Å². The fraction of sp³-hybridized carbons (Fsp3) is 0.647. The summed E-state index contributed by atoms with van der Waals surface area (Å²) >= 11 is 0. The number of para-hydroxylation sites is 1. The van der Waals surface area contributed by atoms with Crippen molar-refractivity contribution >= 4 is 5.69 Å². The van der Waals surface area contributed by atoms with Crippen LogP contribution < -0.4 is 5.32 Å². The van der Waals surface area contributed by atoms with Gasteiger partial charge in [0.25, 0.3) is 0 Å². The van der Waals surface area contributed by atoms with Gasteiger partial charge in [-0.25, -0.2) is 0 Å². The van der Waals surface area contributed by atoms with E-state index in [4.69, 9.17) is 0 Å². The van der Waals surface area contributed by atoms with Crippen molar-refractivity contribution in [3.8, 4) is 0 Å². The minimum atomic E-state index is 0.640. The molecule has 0 fully saturated rings. The minimum Gasteiger partial charge on any atom is -0.383 e. The van der Waals surface area contributed by atoms with Crippen LogP contribution in [0.25, 0.3) is 0 Å². The van der Waals surface area contributed by atoms with Crippen molar-refractivity contribution in [3.63, 3.8) is 0 Å². The highest BCUT2D eigenvalue weighted by Gasteiger charge is 2.22. The number of likely N-dealkylation sites (N-methyl/N-ethyl adjacent to an activating group) is 1. The third kappa shape index (κ3) is 3.73. The van der Waals surface area contributed by atoms with Crippen LogP contribution in [0.5, 0.6) is 0 Å². The molecule has 0 aliphatic carbocycles. The summed E-state index contributed by atoms with van der Waals surface area (Å²) in [4.78, 5) is 2.57.